The van der Waals surface area contributed by atoms with Gasteiger partial charge in [-0.2, -0.15) is 14.8 Å². The number of urea groups is 1. The smallest absolute Gasteiger partial charge is 0.323 e. The Morgan fingerprint density at radius 3 is 2.69 bits per heavy atom. The number of amides is 2. The summed E-state index contributed by atoms with van der Waals surface area (Å²) in [5.41, 5.74) is 0.256. The van der Waals surface area contributed by atoms with E-state index < -0.39 is 11.8 Å². The summed E-state index contributed by atoms with van der Waals surface area (Å²) in [6, 6.07) is 4.97. The van der Waals surface area contributed by atoms with Crippen LogP contribution in [-0.4, -0.2) is 40.8 Å². The molecule has 0 fully saturated rings. The summed E-state index contributed by atoms with van der Waals surface area (Å²) >= 11 is 0. The van der Waals surface area contributed by atoms with E-state index in [9.17, 15) is 9.18 Å². The zero-order valence-corrected chi connectivity index (χ0v) is 17.5. The van der Waals surface area contributed by atoms with Crippen LogP contribution in [0.1, 0.15) is 20.8 Å². The second-order valence-electron chi connectivity index (χ2n) is 7.71. The van der Waals surface area contributed by atoms with Gasteiger partial charge in [0.25, 0.3) is 5.95 Å². The molecule has 164 valence electrons. The third kappa shape index (κ3) is 4.86. The molecule has 0 saturated heterocycles. The van der Waals surface area contributed by atoms with Crippen LogP contribution in [0.5, 0.6) is 11.6 Å². The molecule has 0 aliphatic rings. The molecule has 3 aromatic heterocycles. The molecule has 11 nitrogen and oxygen atoms in total. The number of benzene rings is 1. The van der Waals surface area contributed by atoms with Gasteiger partial charge in [0, 0.05) is 24.5 Å². The summed E-state index contributed by atoms with van der Waals surface area (Å²) in [7, 11) is 0. The van der Waals surface area contributed by atoms with Gasteiger partial charge in [-0.1, -0.05) is 5.21 Å². The molecule has 0 aliphatic carbocycles. The van der Waals surface area contributed by atoms with E-state index in [2.05, 4.69) is 36.0 Å². The lowest BCUT2D eigenvalue weighted by atomic mass is 10.1. The Hall–Kier alpha value is -4.35. The first-order valence-corrected chi connectivity index (χ1v) is 9.58. The summed E-state index contributed by atoms with van der Waals surface area (Å²) in [6.45, 7) is 5.96. The van der Waals surface area contributed by atoms with E-state index in [1.54, 1.807) is 17.1 Å². The van der Waals surface area contributed by atoms with Crippen LogP contribution in [0, 0.1) is 5.82 Å². The standard InChI is InChI=1S/C20H20FN9O2/c1-20(2,3)30-12-13(11-24-30)25-19(31)26-16-5-4-14(10-15(16)21)32-17-6-7-22-18(27-17)29-9-8-23-28-29/h4-12H,1-3H3,(H2,25,26,31). The second kappa shape index (κ2) is 8.41. The summed E-state index contributed by atoms with van der Waals surface area (Å²) in [6.07, 6.45) is 7.77. The first-order chi connectivity index (χ1) is 15.3. The van der Waals surface area contributed by atoms with Crippen molar-refractivity contribution in [1.82, 2.24) is 34.7 Å². The monoisotopic (exact) mass is 437 g/mol. The van der Waals surface area contributed by atoms with Crippen LogP contribution in [0.2, 0.25) is 0 Å². The van der Waals surface area contributed by atoms with Gasteiger partial charge < -0.3 is 15.4 Å². The zero-order valence-electron chi connectivity index (χ0n) is 17.5. The van der Waals surface area contributed by atoms with E-state index in [-0.39, 0.29) is 28.8 Å². The number of carbonyl (C=O) groups is 1. The number of halogens is 1. The minimum Gasteiger partial charge on any atom is -0.439 e. The van der Waals surface area contributed by atoms with Crippen molar-refractivity contribution in [2.24, 2.45) is 0 Å². The minimum atomic E-state index is -0.673. The highest BCUT2D eigenvalue weighted by molar-refractivity contribution is 5.99. The van der Waals surface area contributed by atoms with Gasteiger partial charge in [-0.25, -0.2) is 14.2 Å². The molecular weight excluding hydrogens is 417 g/mol. The summed E-state index contributed by atoms with van der Waals surface area (Å²) in [4.78, 5) is 20.5. The summed E-state index contributed by atoms with van der Waals surface area (Å²) in [5, 5.41) is 16.8. The van der Waals surface area contributed by atoms with Crippen molar-refractivity contribution in [3.63, 3.8) is 0 Å². The Bertz CT molecular complexity index is 1230. The molecule has 2 N–H and O–H groups in total. The van der Waals surface area contributed by atoms with Crippen LogP contribution in [0.25, 0.3) is 5.95 Å². The van der Waals surface area contributed by atoms with Crippen molar-refractivity contribution in [2.45, 2.75) is 26.3 Å². The molecule has 2 amide bonds. The number of ether oxygens (including phenoxy) is 1. The number of hydrogen-bond donors (Lipinski definition) is 2. The first kappa shape index (κ1) is 20.9. The highest BCUT2D eigenvalue weighted by atomic mass is 19.1. The van der Waals surface area contributed by atoms with E-state index in [0.717, 1.165) is 6.07 Å². The lowest BCUT2D eigenvalue weighted by molar-refractivity contribution is 0.262. The molecule has 0 atom stereocenters. The predicted octanol–water partition coefficient (Wildman–Crippen LogP) is 3.58. The van der Waals surface area contributed by atoms with Crippen LogP contribution in [0.4, 0.5) is 20.6 Å². The van der Waals surface area contributed by atoms with Crippen molar-refractivity contribution in [3.8, 4) is 17.6 Å². The van der Waals surface area contributed by atoms with Crippen LogP contribution < -0.4 is 15.4 Å². The number of hydrogen-bond acceptors (Lipinski definition) is 7. The quantitative estimate of drug-likeness (QED) is 0.489. The van der Waals surface area contributed by atoms with Gasteiger partial charge in [-0.15, -0.1) is 5.10 Å². The van der Waals surface area contributed by atoms with E-state index in [1.165, 1.54) is 41.5 Å². The Morgan fingerprint density at radius 1 is 1.16 bits per heavy atom. The second-order valence-corrected chi connectivity index (χ2v) is 7.71. The van der Waals surface area contributed by atoms with Gasteiger partial charge in [0.05, 0.1) is 35.5 Å². The van der Waals surface area contributed by atoms with Crippen molar-refractivity contribution >= 4 is 17.4 Å². The average molecular weight is 437 g/mol. The topological polar surface area (TPSA) is 125 Å². The van der Waals surface area contributed by atoms with Crippen LogP contribution in [-0.2, 0) is 5.54 Å². The molecule has 12 heteroatoms. The van der Waals surface area contributed by atoms with Gasteiger partial charge >= 0.3 is 6.03 Å². The molecule has 32 heavy (non-hydrogen) atoms. The molecule has 0 spiro atoms. The zero-order chi connectivity index (χ0) is 22.7. The lowest BCUT2D eigenvalue weighted by Gasteiger charge is -2.18. The first-order valence-electron chi connectivity index (χ1n) is 9.58. The fourth-order valence-corrected chi connectivity index (χ4v) is 2.63. The van der Waals surface area contributed by atoms with Gasteiger partial charge in [-0.3, -0.25) is 4.68 Å². The summed E-state index contributed by atoms with van der Waals surface area (Å²) < 4.78 is 23.2. The van der Waals surface area contributed by atoms with Gasteiger partial charge in [0.15, 0.2) is 0 Å². The van der Waals surface area contributed by atoms with E-state index in [4.69, 9.17) is 4.74 Å². The fourth-order valence-electron chi connectivity index (χ4n) is 2.63. The number of nitrogens with one attached hydrogen (secondary N) is 2. The molecule has 0 bridgehead atoms. The van der Waals surface area contributed by atoms with Crippen molar-refractivity contribution in [2.75, 3.05) is 10.6 Å². The molecular formula is C20H20FN9O2. The number of carbonyl (C=O) groups excluding carboxylic acids is 1. The maximum absolute atomic E-state index is 14.5. The number of nitrogens with zero attached hydrogens (tertiary/aromatic N) is 7. The normalized spacial score (nSPS) is 11.2. The largest absolute Gasteiger partial charge is 0.439 e. The molecule has 4 rings (SSSR count). The maximum Gasteiger partial charge on any atom is 0.323 e. The Labute approximate surface area is 182 Å². The van der Waals surface area contributed by atoms with Crippen molar-refractivity contribution < 1.29 is 13.9 Å². The third-order valence-electron chi connectivity index (χ3n) is 4.18. The van der Waals surface area contributed by atoms with Gasteiger partial charge in [0.1, 0.15) is 11.6 Å². The predicted molar refractivity (Wildman–Crippen MR) is 113 cm³/mol. The average Bonchev–Trinajstić information content (AvgIpc) is 3.42. The Kier molecular flexibility index (Phi) is 5.50. The van der Waals surface area contributed by atoms with E-state index in [0.29, 0.717) is 5.69 Å². The SMILES string of the molecule is CC(C)(C)n1cc(NC(=O)Nc2ccc(Oc3ccnc(-n4ccnn4)n3)cc2F)cn1. The van der Waals surface area contributed by atoms with Crippen LogP contribution in [0.3, 0.4) is 0 Å². The molecule has 0 aliphatic heterocycles. The van der Waals surface area contributed by atoms with Crippen LogP contribution >= 0.6 is 0 Å². The Morgan fingerprint density at radius 2 is 2.00 bits per heavy atom. The third-order valence-corrected chi connectivity index (χ3v) is 4.18. The van der Waals surface area contributed by atoms with Crippen LogP contribution in [0.15, 0.2) is 55.2 Å². The molecule has 1 aromatic carbocycles. The van der Waals surface area contributed by atoms with E-state index >= 15 is 0 Å². The molecule has 0 saturated carbocycles. The Balaban J connectivity index is 1.41. The number of aromatic nitrogens is 7. The lowest BCUT2D eigenvalue weighted by Crippen LogP contribution is -2.22. The molecule has 4 aromatic rings. The number of anilines is 2. The van der Waals surface area contributed by atoms with Crippen molar-refractivity contribution in [1.29, 1.82) is 0 Å². The molecule has 0 unspecified atom stereocenters. The van der Waals surface area contributed by atoms with Crippen molar-refractivity contribution in [3.05, 3.63) is 61.1 Å². The van der Waals surface area contributed by atoms with Gasteiger partial charge in [-0.05, 0) is 32.9 Å². The summed E-state index contributed by atoms with van der Waals surface area (Å²) in [5.74, 6) is -0.0267. The minimum absolute atomic E-state index is 0.0101. The van der Waals surface area contributed by atoms with E-state index in [1.807, 2.05) is 20.8 Å². The highest BCUT2D eigenvalue weighted by Gasteiger charge is 2.15. The molecule has 0 radical (unpaired) electrons. The van der Waals surface area contributed by atoms with Gasteiger partial charge in [0.2, 0.25) is 5.88 Å². The molecule has 3 heterocycles. The fraction of sp³-hybridized carbons (Fsp3) is 0.200. The highest BCUT2D eigenvalue weighted by Crippen LogP contribution is 2.25. The number of rotatable bonds is 5. The maximum atomic E-state index is 14.5.